The molecule has 2 amide bonds. The number of aromatic nitrogens is 4. The molecule has 2 aromatic rings. The Kier molecular flexibility index (Phi) is 4.24. The number of hydrogen-bond acceptors (Lipinski definition) is 5. The summed E-state index contributed by atoms with van der Waals surface area (Å²) in [6.45, 7) is 3.78. The number of carbonyl (C=O) groups is 1. The van der Waals surface area contributed by atoms with Crippen molar-refractivity contribution in [2.45, 2.75) is 19.4 Å². The van der Waals surface area contributed by atoms with Crippen molar-refractivity contribution in [2.24, 2.45) is 0 Å². The molecule has 1 N–H and O–H groups in total. The molecule has 23 heavy (non-hydrogen) atoms. The number of benzene rings is 1. The Morgan fingerprint density at radius 1 is 1.35 bits per heavy atom. The number of likely N-dealkylation sites (tertiary alicyclic amines) is 1. The Morgan fingerprint density at radius 2 is 2.09 bits per heavy atom. The van der Waals surface area contributed by atoms with Crippen LogP contribution < -0.4 is 5.32 Å². The van der Waals surface area contributed by atoms with Crippen LogP contribution >= 0.6 is 0 Å². The van der Waals surface area contributed by atoms with Gasteiger partial charge in [-0.1, -0.05) is 0 Å². The minimum atomic E-state index is -0.0864. The van der Waals surface area contributed by atoms with Crippen LogP contribution in [0.4, 0.5) is 10.5 Å². The number of rotatable bonds is 3. The fraction of sp³-hybridized carbons (Fsp3) is 0.467. The lowest BCUT2D eigenvalue weighted by atomic mass is 10.2. The maximum absolute atomic E-state index is 12.3. The molecular weight excluding hydrogens is 294 g/mol. The van der Waals surface area contributed by atoms with Gasteiger partial charge in [0.1, 0.15) is 0 Å². The summed E-state index contributed by atoms with van der Waals surface area (Å²) < 4.78 is 1.64. The van der Waals surface area contributed by atoms with Gasteiger partial charge in [0.05, 0.1) is 5.69 Å². The number of likely N-dealkylation sites (N-methyl/N-ethyl adjacent to an activating group) is 2. The predicted octanol–water partition coefficient (Wildman–Crippen LogP) is 1.14. The van der Waals surface area contributed by atoms with Gasteiger partial charge in [0.2, 0.25) is 0 Å². The van der Waals surface area contributed by atoms with Crippen molar-refractivity contribution in [1.29, 1.82) is 0 Å². The lowest BCUT2D eigenvalue weighted by Gasteiger charge is -2.24. The van der Waals surface area contributed by atoms with Crippen molar-refractivity contribution in [1.82, 2.24) is 30.0 Å². The van der Waals surface area contributed by atoms with Gasteiger partial charge in [0.25, 0.3) is 0 Å². The predicted molar refractivity (Wildman–Crippen MR) is 86.6 cm³/mol. The Balaban J connectivity index is 1.64. The monoisotopic (exact) mass is 315 g/mol. The zero-order valence-corrected chi connectivity index (χ0v) is 13.6. The zero-order chi connectivity index (χ0) is 16.4. The maximum atomic E-state index is 12.3. The van der Waals surface area contributed by atoms with Crippen molar-refractivity contribution in [3.63, 3.8) is 0 Å². The molecule has 2 heterocycles. The van der Waals surface area contributed by atoms with Crippen LogP contribution in [0, 0.1) is 6.92 Å². The Morgan fingerprint density at radius 3 is 2.65 bits per heavy atom. The smallest absolute Gasteiger partial charge is 0.321 e. The lowest BCUT2D eigenvalue weighted by Crippen LogP contribution is -2.41. The molecule has 0 unspecified atom stereocenters. The third-order valence-corrected chi connectivity index (χ3v) is 4.22. The summed E-state index contributed by atoms with van der Waals surface area (Å²) in [6, 6.07) is 7.64. The molecule has 0 aliphatic carbocycles. The van der Waals surface area contributed by atoms with Crippen LogP contribution in [-0.4, -0.2) is 69.3 Å². The number of aryl methyl sites for hydroxylation is 1. The number of urea groups is 1. The molecule has 1 atom stereocenters. The highest BCUT2D eigenvalue weighted by molar-refractivity contribution is 5.89. The number of nitrogens with one attached hydrogen (secondary N) is 1. The van der Waals surface area contributed by atoms with E-state index in [1.807, 2.05) is 38.2 Å². The van der Waals surface area contributed by atoms with Crippen LogP contribution in [0.5, 0.6) is 0 Å². The van der Waals surface area contributed by atoms with Crippen LogP contribution in [0.2, 0.25) is 0 Å². The third-order valence-electron chi connectivity index (χ3n) is 4.22. The van der Waals surface area contributed by atoms with E-state index in [0.29, 0.717) is 5.82 Å². The van der Waals surface area contributed by atoms with E-state index >= 15 is 0 Å². The van der Waals surface area contributed by atoms with E-state index in [4.69, 9.17) is 0 Å². The van der Waals surface area contributed by atoms with Crippen molar-refractivity contribution in [2.75, 3.05) is 32.5 Å². The number of tetrazole rings is 1. The molecule has 1 aliphatic rings. The Labute approximate surface area is 135 Å². The molecule has 0 saturated carbocycles. The van der Waals surface area contributed by atoms with E-state index in [-0.39, 0.29) is 12.1 Å². The fourth-order valence-electron chi connectivity index (χ4n) is 2.76. The first kappa shape index (κ1) is 15.4. The second kappa shape index (κ2) is 6.33. The fourth-order valence-corrected chi connectivity index (χ4v) is 2.76. The highest BCUT2D eigenvalue weighted by Crippen LogP contribution is 2.16. The summed E-state index contributed by atoms with van der Waals surface area (Å²) in [5.41, 5.74) is 1.61. The van der Waals surface area contributed by atoms with Crippen LogP contribution in [0.15, 0.2) is 24.3 Å². The molecule has 0 spiro atoms. The largest absolute Gasteiger partial charge is 0.323 e. The number of nitrogens with zero attached hydrogens (tertiary/aromatic N) is 6. The van der Waals surface area contributed by atoms with Crippen LogP contribution in [-0.2, 0) is 0 Å². The van der Waals surface area contributed by atoms with E-state index in [2.05, 4.69) is 32.8 Å². The van der Waals surface area contributed by atoms with E-state index < -0.39 is 0 Å². The molecule has 122 valence electrons. The summed E-state index contributed by atoms with van der Waals surface area (Å²) in [4.78, 5) is 16.3. The SMILES string of the molecule is Cc1nnnn1-c1ccc(NC(=O)N(C)[C@H]2CCN(C)C2)cc1. The van der Waals surface area contributed by atoms with Gasteiger partial charge >= 0.3 is 6.03 Å². The first-order valence-electron chi connectivity index (χ1n) is 7.62. The number of anilines is 1. The zero-order valence-electron chi connectivity index (χ0n) is 13.6. The molecule has 3 rings (SSSR count). The quantitative estimate of drug-likeness (QED) is 0.919. The van der Waals surface area contributed by atoms with E-state index in [1.54, 1.807) is 9.58 Å². The first-order valence-corrected chi connectivity index (χ1v) is 7.62. The Hall–Kier alpha value is -2.48. The van der Waals surface area contributed by atoms with Crippen molar-refractivity contribution < 1.29 is 4.79 Å². The van der Waals surface area contributed by atoms with Crippen molar-refractivity contribution >= 4 is 11.7 Å². The number of hydrogen-bond donors (Lipinski definition) is 1. The average molecular weight is 315 g/mol. The summed E-state index contributed by atoms with van der Waals surface area (Å²) in [5.74, 6) is 0.715. The van der Waals surface area contributed by atoms with Gasteiger partial charge in [-0.3, -0.25) is 0 Å². The Bertz CT molecular complexity index is 681. The highest BCUT2D eigenvalue weighted by atomic mass is 16.2. The van der Waals surface area contributed by atoms with Crippen LogP contribution in [0.1, 0.15) is 12.2 Å². The van der Waals surface area contributed by atoms with Crippen molar-refractivity contribution in [3.05, 3.63) is 30.1 Å². The van der Waals surface area contributed by atoms with Gasteiger partial charge < -0.3 is 15.1 Å². The minimum absolute atomic E-state index is 0.0864. The second-order valence-electron chi connectivity index (χ2n) is 5.93. The molecule has 1 fully saturated rings. The highest BCUT2D eigenvalue weighted by Gasteiger charge is 2.26. The standard InChI is InChI=1S/C15H21N7O/c1-11-17-18-19-22(11)13-6-4-12(5-7-13)16-15(23)21(3)14-8-9-20(2)10-14/h4-7,14H,8-10H2,1-3H3,(H,16,23)/t14-/m0/s1. The molecule has 8 heteroatoms. The summed E-state index contributed by atoms with van der Waals surface area (Å²) in [5, 5.41) is 14.3. The van der Waals surface area contributed by atoms with Crippen LogP contribution in [0.3, 0.4) is 0 Å². The topological polar surface area (TPSA) is 79.2 Å². The van der Waals surface area contributed by atoms with Gasteiger partial charge in [-0.25, -0.2) is 4.79 Å². The van der Waals surface area contributed by atoms with E-state index in [0.717, 1.165) is 30.9 Å². The van der Waals surface area contributed by atoms with Gasteiger partial charge in [0, 0.05) is 25.3 Å². The van der Waals surface area contributed by atoms with Crippen molar-refractivity contribution in [3.8, 4) is 5.69 Å². The van der Waals surface area contributed by atoms with E-state index in [1.165, 1.54) is 0 Å². The molecule has 1 saturated heterocycles. The third kappa shape index (κ3) is 3.31. The summed E-state index contributed by atoms with van der Waals surface area (Å²) in [6.07, 6.45) is 1.01. The lowest BCUT2D eigenvalue weighted by molar-refractivity contribution is 0.204. The van der Waals surface area contributed by atoms with Crippen LogP contribution in [0.25, 0.3) is 5.69 Å². The number of carbonyl (C=O) groups excluding carboxylic acids is 1. The normalized spacial score (nSPS) is 18.1. The van der Waals surface area contributed by atoms with Gasteiger partial charge in [-0.05, 0) is 61.6 Å². The number of amides is 2. The summed E-state index contributed by atoms with van der Waals surface area (Å²) >= 11 is 0. The molecule has 1 aromatic heterocycles. The van der Waals surface area contributed by atoms with E-state index in [9.17, 15) is 4.79 Å². The molecule has 0 bridgehead atoms. The maximum Gasteiger partial charge on any atom is 0.321 e. The first-order chi connectivity index (χ1) is 11.0. The summed E-state index contributed by atoms with van der Waals surface area (Å²) in [7, 11) is 3.92. The minimum Gasteiger partial charge on any atom is -0.323 e. The molecule has 1 aliphatic heterocycles. The van der Waals surface area contributed by atoms with Gasteiger partial charge in [-0.15, -0.1) is 5.10 Å². The van der Waals surface area contributed by atoms with Gasteiger partial charge in [-0.2, -0.15) is 4.68 Å². The van der Waals surface area contributed by atoms with Gasteiger partial charge in [0.15, 0.2) is 5.82 Å². The molecule has 1 aromatic carbocycles. The second-order valence-corrected chi connectivity index (χ2v) is 5.93. The molecule has 0 radical (unpaired) electrons. The molecule has 8 nitrogen and oxygen atoms in total. The average Bonchev–Trinajstić information content (AvgIpc) is 3.16. The molecular formula is C15H21N7O.